The molecule has 0 bridgehead atoms. The number of rotatable bonds is 3. The van der Waals surface area contributed by atoms with Crippen molar-refractivity contribution < 1.29 is 4.74 Å². The van der Waals surface area contributed by atoms with Crippen LogP contribution in [0.4, 0.5) is 0 Å². The Balaban J connectivity index is 2.41. The Morgan fingerprint density at radius 1 is 1.20 bits per heavy atom. The number of piperidine rings is 1. The maximum atomic E-state index is 6.64. The molecule has 2 aliphatic rings. The molecular formula is C18H33NO. The van der Waals surface area contributed by atoms with E-state index < -0.39 is 0 Å². The SMILES string of the molecule is CCN1CCC2(OC(C)C(C(C)C)=C2C(C)C)C(C)C1. The van der Waals surface area contributed by atoms with E-state index in [2.05, 4.69) is 53.4 Å². The summed E-state index contributed by atoms with van der Waals surface area (Å²) < 4.78 is 6.64. The third kappa shape index (κ3) is 2.46. The highest BCUT2D eigenvalue weighted by Gasteiger charge is 2.51. The molecule has 0 aromatic carbocycles. The van der Waals surface area contributed by atoms with Crippen molar-refractivity contribution >= 4 is 0 Å². The molecule has 1 fully saturated rings. The van der Waals surface area contributed by atoms with Crippen LogP contribution in [0.2, 0.25) is 0 Å². The summed E-state index contributed by atoms with van der Waals surface area (Å²) in [6, 6.07) is 0. The maximum Gasteiger partial charge on any atom is 0.0955 e. The first-order chi connectivity index (χ1) is 9.33. The van der Waals surface area contributed by atoms with Crippen molar-refractivity contribution in [3.63, 3.8) is 0 Å². The van der Waals surface area contributed by atoms with Crippen LogP contribution in [0, 0.1) is 17.8 Å². The van der Waals surface area contributed by atoms with Gasteiger partial charge < -0.3 is 9.64 Å². The molecule has 0 amide bonds. The molecule has 0 saturated carbocycles. The quantitative estimate of drug-likeness (QED) is 0.721. The molecular weight excluding hydrogens is 246 g/mol. The average molecular weight is 279 g/mol. The van der Waals surface area contributed by atoms with Crippen molar-refractivity contribution in [1.29, 1.82) is 0 Å². The minimum atomic E-state index is 0.0128. The third-order valence-corrected chi connectivity index (χ3v) is 5.37. The van der Waals surface area contributed by atoms with Gasteiger partial charge in [-0.1, -0.05) is 41.5 Å². The van der Waals surface area contributed by atoms with Crippen LogP contribution in [0.3, 0.4) is 0 Å². The molecule has 2 aliphatic heterocycles. The van der Waals surface area contributed by atoms with E-state index >= 15 is 0 Å². The van der Waals surface area contributed by atoms with Gasteiger partial charge in [0.15, 0.2) is 0 Å². The van der Waals surface area contributed by atoms with Gasteiger partial charge >= 0.3 is 0 Å². The van der Waals surface area contributed by atoms with Gasteiger partial charge in [0.2, 0.25) is 0 Å². The predicted octanol–water partition coefficient (Wildman–Crippen LogP) is 4.11. The first-order valence-electron chi connectivity index (χ1n) is 8.48. The highest BCUT2D eigenvalue weighted by Crippen LogP contribution is 2.50. The Morgan fingerprint density at radius 2 is 1.85 bits per heavy atom. The fraction of sp³-hybridized carbons (Fsp3) is 0.889. The largest absolute Gasteiger partial charge is 0.363 e. The van der Waals surface area contributed by atoms with Crippen LogP contribution in [-0.4, -0.2) is 36.2 Å². The van der Waals surface area contributed by atoms with Crippen molar-refractivity contribution in [2.45, 2.75) is 66.6 Å². The monoisotopic (exact) mass is 279 g/mol. The van der Waals surface area contributed by atoms with E-state index in [-0.39, 0.29) is 5.60 Å². The lowest BCUT2D eigenvalue weighted by Crippen LogP contribution is -2.53. The van der Waals surface area contributed by atoms with Gasteiger partial charge in [0.1, 0.15) is 0 Å². The zero-order valence-electron chi connectivity index (χ0n) is 14.5. The lowest BCUT2D eigenvalue weighted by molar-refractivity contribution is -0.0981. The summed E-state index contributed by atoms with van der Waals surface area (Å²) in [5, 5.41) is 0. The van der Waals surface area contributed by atoms with Crippen LogP contribution in [0.1, 0.15) is 54.9 Å². The molecule has 1 saturated heterocycles. The molecule has 2 rings (SSSR count). The van der Waals surface area contributed by atoms with Gasteiger partial charge in [-0.25, -0.2) is 0 Å². The summed E-state index contributed by atoms with van der Waals surface area (Å²) in [4.78, 5) is 2.56. The van der Waals surface area contributed by atoms with E-state index in [1.54, 1.807) is 11.1 Å². The molecule has 0 radical (unpaired) electrons. The summed E-state index contributed by atoms with van der Waals surface area (Å²) >= 11 is 0. The van der Waals surface area contributed by atoms with Crippen molar-refractivity contribution in [3.8, 4) is 0 Å². The molecule has 2 heteroatoms. The van der Waals surface area contributed by atoms with E-state index in [4.69, 9.17) is 4.74 Å². The summed E-state index contributed by atoms with van der Waals surface area (Å²) in [5.74, 6) is 1.78. The second-order valence-corrected chi connectivity index (χ2v) is 7.37. The predicted molar refractivity (Wildman–Crippen MR) is 85.9 cm³/mol. The van der Waals surface area contributed by atoms with Crippen molar-refractivity contribution in [2.75, 3.05) is 19.6 Å². The molecule has 0 N–H and O–H groups in total. The second-order valence-electron chi connectivity index (χ2n) is 7.37. The Kier molecular flexibility index (Phi) is 4.66. The molecule has 0 aromatic rings. The number of nitrogens with zero attached hydrogens (tertiary/aromatic N) is 1. The first kappa shape index (κ1) is 16.0. The first-order valence-corrected chi connectivity index (χ1v) is 8.48. The molecule has 0 aliphatic carbocycles. The summed E-state index contributed by atoms with van der Waals surface area (Å²) in [6.45, 7) is 19.8. The van der Waals surface area contributed by atoms with Crippen LogP contribution >= 0.6 is 0 Å². The lowest BCUT2D eigenvalue weighted by atomic mass is 9.71. The number of hydrogen-bond donors (Lipinski definition) is 0. The molecule has 2 heterocycles. The topological polar surface area (TPSA) is 12.5 Å². The van der Waals surface area contributed by atoms with Crippen molar-refractivity contribution in [3.05, 3.63) is 11.1 Å². The smallest absolute Gasteiger partial charge is 0.0955 e. The van der Waals surface area contributed by atoms with Crippen molar-refractivity contribution in [1.82, 2.24) is 4.90 Å². The van der Waals surface area contributed by atoms with Gasteiger partial charge in [0, 0.05) is 19.0 Å². The minimum absolute atomic E-state index is 0.0128. The van der Waals surface area contributed by atoms with Gasteiger partial charge in [-0.3, -0.25) is 0 Å². The molecule has 3 atom stereocenters. The van der Waals surface area contributed by atoms with E-state index in [0.717, 1.165) is 13.0 Å². The Labute approximate surface area is 125 Å². The molecule has 0 aromatic heterocycles. The zero-order valence-corrected chi connectivity index (χ0v) is 14.5. The van der Waals surface area contributed by atoms with Crippen LogP contribution in [-0.2, 0) is 4.74 Å². The molecule has 3 unspecified atom stereocenters. The molecule has 116 valence electrons. The fourth-order valence-electron chi connectivity index (χ4n) is 4.57. The standard InChI is InChI=1S/C18H33NO/c1-8-19-10-9-18(14(6)11-19)17(13(4)5)16(12(2)3)15(7)20-18/h12-15H,8-11H2,1-7H3. The van der Waals surface area contributed by atoms with Crippen molar-refractivity contribution in [2.24, 2.45) is 17.8 Å². The minimum Gasteiger partial charge on any atom is -0.363 e. The van der Waals surface area contributed by atoms with Gasteiger partial charge in [0.25, 0.3) is 0 Å². The number of likely N-dealkylation sites (tertiary alicyclic amines) is 1. The van der Waals surface area contributed by atoms with E-state index in [1.165, 1.54) is 13.1 Å². The Morgan fingerprint density at radius 3 is 2.30 bits per heavy atom. The summed E-state index contributed by atoms with van der Waals surface area (Å²) in [5.41, 5.74) is 3.22. The average Bonchev–Trinajstić information content (AvgIpc) is 2.67. The van der Waals surface area contributed by atoms with Crippen LogP contribution in [0.5, 0.6) is 0 Å². The lowest BCUT2D eigenvalue weighted by Gasteiger charge is -2.46. The summed E-state index contributed by atoms with van der Waals surface area (Å²) in [7, 11) is 0. The molecule has 2 nitrogen and oxygen atoms in total. The van der Waals surface area contributed by atoms with E-state index in [9.17, 15) is 0 Å². The third-order valence-electron chi connectivity index (χ3n) is 5.37. The summed E-state index contributed by atoms with van der Waals surface area (Å²) in [6.07, 6.45) is 1.46. The van der Waals surface area contributed by atoms with Crippen LogP contribution in [0.25, 0.3) is 0 Å². The van der Waals surface area contributed by atoms with Crippen LogP contribution in [0.15, 0.2) is 11.1 Å². The second kappa shape index (κ2) is 5.81. The molecule has 1 spiro atoms. The van der Waals surface area contributed by atoms with Gasteiger partial charge in [0.05, 0.1) is 11.7 Å². The van der Waals surface area contributed by atoms with Gasteiger partial charge in [-0.2, -0.15) is 0 Å². The van der Waals surface area contributed by atoms with Gasteiger partial charge in [-0.15, -0.1) is 0 Å². The highest BCUT2D eigenvalue weighted by molar-refractivity contribution is 5.36. The Bertz CT molecular complexity index is 385. The number of hydrogen-bond acceptors (Lipinski definition) is 2. The van der Waals surface area contributed by atoms with E-state index in [0.29, 0.717) is 23.9 Å². The van der Waals surface area contributed by atoms with Crippen LogP contribution < -0.4 is 0 Å². The normalized spacial score (nSPS) is 35.9. The zero-order chi connectivity index (χ0) is 15.1. The maximum absolute atomic E-state index is 6.64. The van der Waals surface area contributed by atoms with Gasteiger partial charge in [-0.05, 0) is 42.9 Å². The van der Waals surface area contributed by atoms with E-state index in [1.807, 2.05) is 0 Å². The fourth-order valence-corrected chi connectivity index (χ4v) is 4.57. The highest BCUT2D eigenvalue weighted by atomic mass is 16.5. The number of ether oxygens (including phenoxy) is 1. The molecule has 20 heavy (non-hydrogen) atoms. The Hall–Kier alpha value is -0.340.